The normalized spacial score (nSPS) is 10.5. The van der Waals surface area contributed by atoms with E-state index in [9.17, 15) is 4.79 Å². The van der Waals surface area contributed by atoms with Crippen LogP contribution in [0.4, 0.5) is 11.4 Å². The topological polar surface area (TPSA) is 84.2 Å². The number of aromatic nitrogens is 3. The molecule has 0 bridgehead atoms. The Bertz CT molecular complexity index is 828. The monoisotopic (exact) mass is 337 g/mol. The van der Waals surface area contributed by atoms with Crippen molar-refractivity contribution in [2.45, 2.75) is 12.8 Å². The van der Waals surface area contributed by atoms with E-state index in [4.69, 9.17) is 4.42 Å². The number of nitrogens with zero attached hydrogens (tertiary/aromatic N) is 4. The SMILES string of the molecule is CN(C)c1ccc(NC(=O)CCc2nnc(-c3cccnc3)o2)cc1. The van der Waals surface area contributed by atoms with Gasteiger partial charge in [-0.05, 0) is 36.4 Å². The average Bonchev–Trinajstić information content (AvgIpc) is 3.10. The zero-order valence-electron chi connectivity index (χ0n) is 14.1. The van der Waals surface area contributed by atoms with Crippen LogP contribution in [0.3, 0.4) is 0 Å². The number of hydrogen-bond donors (Lipinski definition) is 1. The van der Waals surface area contributed by atoms with Crippen molar-refractivity contribution in [1.29, 1.82) is 0 Å². The van der Waals surface area contributed by atoms with Crippen LogP contribution in [0.2, 0.25) is 0 Å². The van der Waals surface area contributed by atoms with E-state index in [1.54, 1.807) is 18.5 Å². The van der Waals surface area contributed by atoms with E-state index >= 15 is 0 Å². The number of hydrogen-bond acceptors (Lipinski definition) is 6. The van der Waals surface area contributed by atoms with Gasteiger partial charge in [0, 0.05) is 50.7 Å². The molecule has 128 valence electrons. The third kappa shape index (κ3) is 4.41. The standard InChI is InChI=1S/C18H19N5O2/c1-23(2)15-7-5-14(6-8-15)20-16(24)9-10-17-21-22-18(25-17)13-4-3-11-19-12-13/h3-8,11-12H,9-10H2,1-2H3,(H,20,24). The molecule has 0 radical (unpaired) electrons. The second-order valence-corrected chi connectivity index (χ2v) is 5.73. The van der Waals surface area contributed by atoms with Crippen LogP contribution < -0.4 is 10.2 Å². The van der Waals surface area contributed by atoms with Crippen molar-refractivity contribution in [3.8, 4) is 11.5 Å². The maximum absolute atomic E-state index is 12.1. The van der Waals surface area contributed by atoms with Crippen molar-refractivity contribution in [3.05, 3.63) is 54.7 Å². The van der Waals surface area contributed by atoms with Crippen LogP contribution in [0.1, 0.15) is 12.3 Å². The Balaban J connectivity index is 1.53. The first-order valence-electron chi connectivity index (χ1n) is 7.92. The minimum atomic E-state index is -0.0984. The summed E-state index contributed by atoms with van der Waals surface area (Å²) < 4.78 is 5.56. The number of nitrogens with one attached hydrogen (secondary N) is 1. The molecular formula is C18H19N5O2. The van der Waals surface area contributed by atoms with Gasteiger partial charge >= 0.3 is 0 Å². The minimum absolute atomic E-state index is 0.0984. The smallest absolute Gasteiger partial charge is 0.249 e. The molecule has 1 amide bonds. The van der Waals surface area contributed by atoms with Crippen LogP contribution in [-0.2, 0) is 11.2 Å². The summed E-state index contributed by atoms with van der Waals surface area (Å²) in [6, 6.07) is 11.3. The number of anilines is 2. The summed E-state index contributed by atoms with van der Waals surface area (Å²) in [6.45, 7) is 0. The molecule has 3 aromatic rings. The van der Waals surface area contributed by atoms with Gasteiger partial charge in [-0.2, -0.15) is 0 Å². The lowest BCUT2D eigenvalue weighted by atomic mass is 10.2. The van der Waals surface area contributed by atoms with Crippen molar-refractivity contribution in [2.24, 2.45) is 0 Å². The van der Waals surface area contributed by atoms with Crippen LogP contribution in [0.15, 0.2) is 53.2 Å². The summed E-state index contributed by atoms with van der Waals surface area (Å²) in [6.07, 6.45) is 3.98. The Kier molecular flexibility index (Phi) is 5.03. The van der Waals surface area contributed by atoms with E-state index in [-0.39, 0.29) is 12.3 Å². The van der Waals surface area contributed by atoms with E-state index in [1.165, 1.54) is 0 Å². The molecule has 1 N–H and O–H groups in total. The molecule has 0 aliphatic rings. The molecule has 0 saturated heterocycles. The summed E-state index contributed by atoms with van der Waals surface area (Å²) >= 11 is 0. The largest absolute Gasteiger partial charge is 0.421 e. The van der Waals surface area contributed by atoms with Gasteiger partial charge in [-0.1, -0.05) is 0 Å². The lowest BCUT2D eigenvalue weighted by Gasteiger charge is -2.12. The van der Waals surface area contributed by atoms with Crippen molar-refractivity contribution in [1.82, 2.24) is 15.2 Å². The molecule has 0 unspecified atom stereocenters. The van der Waals surface area contributed by atoms with Gasteiger partial charge in [0.25, 0.3) is 0 Å². The number of aryl methyl sites for hydroxylation is 1. The third-order valence-corrected chi connectivity index (χ3v) is 3.61. The van der Waals surface area contributed by atoms with Gasteiger partial charge in [0.1, 0.15) is 0 Å². The van der Waals surface area contributed by atoms with Crippen molar-refractivity contribution in [2.75, 3.05) is 24.3 Å². The molecule has 2 aromatic heterocycles. The summed E-state index contributed by atoms with van der Waals surface area (Å²) in [5.41, 5.74) is 2.59. The fourth-order valence-corrected chi connectivity index (χ4v) is 2.25. The van der Waals surface area contributed by atoms with Gasteiger partial charge in [-0.3, -0.25) is 9.78 Å². The molecule has 0 atom stereocenters. The van der Waals surface area contributed by atoms with Gasteiger partial charge in [-0.25, -0.2) is 0 Å². The third-order valence-electron chi connectivity index (χ3n) is 3.61. The van der Waals surface area contributed by atoms with Gasteiger partial charge in [0.2, 0.25) is 17.7 Å². The molecule has 0 saturated carbocycles. The van der Waals surface area contributed by atoms with Crippen molar-refractivity contribution in [3.63, 3.8) is 0 Å². The maximum Gasteiger partial charge on any atom is 0.249 e. The predicted molar refractivity (Wildman–Crippen MR) is 95.2 cm³/mol. The maximum atomic E-state index is 12.1. The Labute approximate surface area is 145 Å². The van der Waals surface area contributed by atoms with Crippen LogP contribution in [0.25, 0.3) is 11.5 Å². The average molecular weight is 337 g/mol. The molecule has 1 aromatic carbocycles. The van der Waals surface area contributed by atoms with Gasteiger partial charge in [0.05, 0.1) is 5.56 Å². The number of benzene rings is 1. The molecular weight excluding hydrogens is 318 g/mol. The second kappa shape index (κ2) is 7.57. The molecule has 0 spiro atoms. The first-order chi connectivity index (χ1) is 12.1. The van der Waals surface area contributed by atoms with Gasteiger partial charge in [0.15, 0.2) is 0 Å². The quantitative estimate of drug-likeness (QED) is 0.744. The van der Waals surface area contributed by atoms with Crippen LogP contribution in [0.5, 0.6) is 0 Å². The highest BCUT2D eigenvalue weighted by Gasteiger charge is 2.11. The van der Waals surface area contributed by atoms with E-state index in [0.29, 0.717) is 18.2 Å². The summed E-state index contributed by atoms with van der Waals surface area (Å²) in [4.78, 5) is 18.1. The van der Waals surface area contributed by atoms with Gasteiger partial charge < -0.3 is 14.6 Å². The van der Waals surface area contributed by atoms with Crippen molar-refractivity contribution >= 4 is 17.3 Å². The van der Waals surface area contributed by atoms with E-state index in [1.807, 2.05) is 49.3 Å². The van der Waals surface area contributed by atoms with E-state index < -0.39 is 0 Å². The number of rotatable bonds is 6. The second-order valence-electron chi connectivity index (χ2n) is 5.73. The Morgan fingerprint density at radius 2 is 1.96 bits per heavy atom. The molecule has 0 aliphatic heterocycles. The first kappa shape index (κ1) is 16.6. The van der Waals surface area contributed by atoms with Crippen LogP contribution >= 0.6 is 0 Å². The fourth-order valence-electron chi connectivity index (χ4n) is 2.25. The Morgan fingerprint density at radius 3 is 2.64 bits per heavy atom. The molecule has 0 aliphatic carbocycles. The first-order valence-corrected chi connectivity index (χ1v) is 7.92. The highest BCUT2D eigenvalue weighted by molar-refractivity contribution is 5.90. The number of amides is 1. The highest BCUT2D eigenvalue weighted by atomic mass is 16.4. The number of carbonyl (C=O) groups excluding carboxylic acids is 1. The lowest BCUT2D eigenvalue weighted by Crippen LogP contribution is -2.13. The summed E-state index contributed by atoms with van der Waals surface area (Å²) in [5.74, 6) is 0.735. The Hall–Kier alpha value is -3.22. The van der Waals surface area contributed by atoms with Crippen LogP contribution in [0, 0.1) is 0 Å². The predicted octanol–water partition coefficient (Wildman–Crippen LogP) is 2.77. The Morgan fingerprint density at radius 1 is 1.16 bits per heavy atom. The van der Waals surface area contributed by atoms with E-state index in [0.717, 1.165) is 16.9 Å². The van der Waals surface area contributed by atoms with E-state index in [2.05, 4.69) is 20.5 Å². The zero-order chi connectivity index (χ0) is 17.6. The number of pyridine rings is 1. The summed E-state index contributed by atoms with van der Waals surface area (Å²) in [5, 5.41) is 10.8. The molecule has 25 heavy (non-hydrogen) atoms. The molecule has 7 nitrogen and oxygen atoms in total. The number of carbonyl (C=O) groups is 1. The molecule has 0 fully saturated rings. The minimum Gasteiger partial charge on any atom is -0.421 e. The molecule has 7 heteroatoms. The van der Waals surface area contributed by atoms with Crippen LogP contribution in [-0.4, -0.2) is 35.2 Å². The zero-order valence-corrected chi connectivity index (χ0v) is 14.1. The fraction of sp³-hybridized carbons (Fsp3) is 0.222. The molecule has 3 rings (SSSR count). The summed E-state index contributed by atoms with van der Waals surface area (Å²) in [7, 11) is 3.94. The van der Waals surface area contributed by atoms with Gasteiger partial charge in [-0.15, -0.1) is 10.2 Å². The molecule has 2 heterocycles. The van der Waals surface area contributed by atoms with Crippen molar-refractivity contribution < 1.29 is 9.21 Å². The highest BCUT2D eigenvalue weighted by Crippen LogP contribution is 2.18. The lowest BCUT2D eigenvalue weighted by molar-refractivity contribution is -0.116.